The third-order valence-electron chi connectivity index (χ3n) is 7.34. The van der Waals surface area contributed by atoms with Crippen LogP contribution in [0.15, 0.2) is 54.9 Å². The Morgan fingerprint density at radius 3 is 2.68 bits per heavy atom. The van der Waals surface area contributed by atoms with Crippen molar-refractivity contribution in [3.05, 3.63) is 60.6 Å². The summed E-state index contributed by atoms with van der Waals surface area (Å²) >= 11 is 0. The number of piperazine rings is 1. The number of H-pyrrole nitrogens is 1. The summed E-state index contributed by atoms with van der Waals surface area (Å²) in [5.41, 5.74) is 2.44. The number of ether oxygens (including phenoxy) is 1. The van der Waals surface area contributed by atoms with Crippen molar-refractivity contribution in [2.75, 3.05) is 45.2 Å². The highest BCUT2D eigenvalue weighted by Crippen LogP contribution is 2.46. The molecule has 1 amide bonds. The number of rotatable bonds is 7. The fraction of sp³-hybridized carbons (Fsp3) is 0.357. The topological polar surface area (TPSA) is 99.3 Å². The van der Waals surface area contributed by atoms with Gasteiger partial charge in [-0.3, -0.25) is 9.78 Å². The molecule has 4 aromatic rings. The molecule has 0 radical (unpaired) electrons. The molecule has 2 unspecified atom stereocenters. The molecule has 0 bridgehead atoms. The van der Waals surface area contributed by atoms with Gasteiger partial charge in [-0.25, -0.2) is 14.4 Å². The summed E-state index contributed by atoms with van der Waals surface area (Å²) in [7, 11) is 2.07. The van der Waals surface area contributed by atoms with E-state index in [1.807, 2.05) is 29.2 Å². The van der Waals surface area contributed by atoms with Crippen molar-refractivity contribution in [1.82, 2.24) is 29.7 Å². The van der Waals surface area contributed by atoms with Crippen LogP contribution in [0.3, 0.4) is 0 Å². The van der Waals surface area contributed by atoms with Crippen molar-refractivity contribution in [3.8, 4) is 17.1 Å². The number of nitrogens with zero attached hydrogens (tertiary/aromatic N) is 5. The minimum Gasteiger partial charge on any atom is -0.493 e. The number of carbonyl (C=O) groups is 1. The van der Waals surface area contributed by atoms with Gasteiger partial charge in [-0.15, -0.1) is 0 Å². The average molecular weight is 516 g/mol. The van der Waals surface area contributed by atoms with Crippen molar-refractivity contribution < 1.29 is 13.9 Å². The van der Waals surface area contributed by atoms with Crippen LogP contribution in [0.2, 0.25) is 0 Å². The molecule has 9 nitrogen and oxygen atoms in total. The van der Waals surface area contributed by atoms with Crippen LogP contribution in [0, 0.1) is 5.92 Å². The van der Waals surface area contributed by atoms with Crippen molar-refractivity contribution >= 4 is 28.4 Å². The summed E-state index contributed by atoms with van der Waals surface area (Å²) < 4.78 is 19.6. The largest absolute Gasteiger partial charge is 0.493 e. The Hall–Kier alpha value is -4.05. The summed E-state index contributed by atoms with van der Waals surface area (Å²) in [5.74, 6) is 1.01. The second-order valence-corrected chi connectivity index (χ2v) is 10.3. The first-order valence-electron chi connectivity index (χ1n) is 12.8. The number of fused-ring (bicyclic) bond motifs is 1. The lowest BCUT2D eigenvalue weighted by atomic mass is 10.2. The molecule has 2 N–H and O–H groups in total. The number of pyridine rings is 1. The molecule has 3 aromatic heterocycles. The predicted molar refractivity (Wildman–Crippen MR) is 143 cm³/mol. The highest BCUT2D eigenvalue weighted by atomic mass is 19.1. The number of hydrogen-bond acceptors (Lipinski definition) is 7. The maximum absolute atomic E-state index is 13.8. The average Bonchev–Trinajstić information content (AvgIpc) is 3.32. The van der Waals surface area contributed by atoms with Crippen molar-refractivity contribution in [2.45, 2.75) is 19.0 Å². The first-order chi connectivity index (χ1) is 18.3. The maximum Gasteiger partial charge on any atom is 0.270 e. The summed E-state index contributed by atoms with van der Waals surface area (Å²) in [6.45, 7) is 5.17. The van der Waals surface area contributed by atoms with Crippen LogP contribution in [0.25, 0.3) is 22.3 Å². The molecule has 1 aliphatic carbocycles. The minimum absolute atomic E-state index is 0.0226. The molecule has 196 valence electrons. The van der Waals surface area contributed by atoms with E-state index < -0.39 is 5.67 Å². The number of amides is 1. The number of hydrogen-bond donors (Lipinski definition) is 2. The maximum atomic E-state index is 13.8. The predicted octanol–water partition coefficient (Wildman–Crippen LogP) is 4.28. The summed E-state index contributed by atoms with van der Waals surface area (Å²) in [5, 5.41) is 4.17. The van der Waals surface area contributed by atoms with Crippen LogP contribution < -0.4 is 10.1 Å². The number of likely N-dealkylation sites (N-methyl/N-ethyl adjacent to an activating group) is 1. The molecule has 1 saturated heterocycles. The zero-order chi connectivity index (χ0) is 26.3. The zero-order valence-corrected chi connectivity index (χ0v) is 21.4. The Kier molecular flexibility index (Phi) is 6.19. The van der Waals surface area contributed by atoms with E-state index >= 15 is 0 Å². The van der Waals surface area contributed by atoms with Gasteiger partial charge in [0, 0.05) is 67.1 Å². The van der Waals surface area contributed by atoms with Gasteiger partial charge in [0.15, 0.2) is 0 Å². The Balaban J connectivity index is 1.15. The Morgan fingerprint density at radius 1 is 1.11 bits per heavy atom. The zero-order valence-electron chi connectivity index (χ0n) is 21.4. The van der Waals surface area contributed by atoms with Crippen LogP contribution in [-0.4, -0.2) is 81.1 Å². The highest BCUT2D eigenvalue weighted by Gasteiger charge is 2.51. The molecular weight excluding hydrogens is 485 g/mol. The van der Waals surface area contributed by atoms with E-state index in [0.717, 1.165) is 42.8 Å². The molecule has 2 fully saturated rings. The lowest BCUT2D eigenvalue weighted by Crippen LogP contribution is -2.47. The molecule has 2 aliphatic rings. The number of aromatic amines is 1. The van der Waals surface area contributed by atoms with Gasteiger partial charge in [-0.05, 0) is 56.8 Å². The minimum atomic E-state index is -1.12. The van der Waals surface area contributed by atoms with Gasteiger partial charge in [-0.1, -0.05) is 0 Å². The fourth-order valence-corrected chi connectivity index (χ4v) is 4.69. The van der Waals surface area contributed by atoms with Gasteiger partial charge in [0.05, 0.1) is 18.0 Å². The van der Waals surface area contributed by atoms with E-state index in [4.69, 9.17) is 4.74 Å². The van der Waals surface area contributed by atoms with Crippen LogP contribution in [0.5, 0.6) is 5.75 Å². The van der Waals surface area contributed by atoms with E-state index in [2.05, 4.69) is 37.2 Å². The van der Waals surface area contributed by atoms with Gasteiger partial charge in [0.1, 0.15) is 17.1 Å². The van der Waals surface area contributed by atoms with Crippen molar-refractivity contribution in [3.63, 3.8) is 0 Å². The first kappa shape index (κ1) is 24.3. The van der Waals surface area contributed by atoms with E-state index in [0.29, 0.717) is 41.8 Å². The molecular formula is C28H30FN7O2. The lowest BCUT2D eigenvalue weighted by molar-refractivity contribution is 0.0659. The molecule has 1 aliphatic heterocycles. The van der Waals surface area contributed by atoms with E-state index in [1.54, 1.807) is 37.5 Å². The number of nitrogens with one attached hydrogen (secondary N) is 2. The van der Waals surface area contributed by atoms with Crippen LogP contribution in [0.1, 0.15) is 23.8 Å². The third-order valence-corrected chi connectivity index (χ3v) is 7.34. The van der Waals surface area contributed by atoms with E-state index in [-0.39, 0.29) is 11.8 Å². The van der Waals surface area contributed by atoms with Crippen molar-refractivity contribution in [2.24, 2.45) is 5.92 Å². The van der Waals surface area contributed by atoms with Gasteiger partial charge in [0.25, 0.3) is 5.91 Å². The number of alkyl halides is 1. The molecule has 2 atom stereocenters. The number of halogens is 1. The van der Waals surface area contributed by atoms with Gasteiger partial charge in [0.2, 0.25) is 5.95 Å². The second-order valence-electron chi connectivity index (χ2n) is 10.3. The summed E-state index contributed by atoms with van der Waals surface area (Å²) in [6, 6.07) is 13.1. The molecule has 4 heterocycles. The normalized spacial score (nSPS) is 21.4. The lowest BCUT2D eigenvalue weighted by Gasteiger charge is -2.32. The van der Waals surface area contributed by atoms with Crippen LogP contribution >= 0.6 is 0 Å². The van der Waals surface area contributed by atoms with E-state index in [1.165, 1.54) is 0 Å². The first-order valence-corrected chi connectivity index (χ1v) is 12.8. The second kappa shape index (κ2) is 9.68. The third kappa shape index (κ3) is 5.17. The molecule has 1 saturated carbocycles. The number of carbonyl (C=O) groups excluding carboxylic acids is 1. The smallest absolute Gasteiger partial charge is 0.270 e. The van der Waals surface area contributed by atoms with Gasteiger partial charge < -0.3 is 24.8 Å². The molecule has 6 rings (SSSR count). The standard InChI is InChI=1S/C28H30FN7O2/c1-28(29)16-19(28)17-38-21-5-7-30-24(15-21)23-6-8-31-27(34-23)32-20-3-4-22-18(13-20)14-25(33-22)26(37)36-11-9-35(2)10-12-36/h3-8,13-15,19,33H,9-12,16-17H2,1-2H3,(H,31,32,34). The highest BCUT2D eigenvalue weighted by molar-refractivity contribution is 5.98. The SMILES string of the molecule is CN1CCN(C(=O)c2cc3cc(Nc4nccc(-c5cc(OCC6CC6(C)F)ccn5)n4)ccc3[nH]2)CC1. The molecule has 38 heavy (non-hydrogen) atoms. The Bertz CT molecular complexity index is 1480. The van der Waals surface area contributed by atoms with Crippen LogP contribution in [-0.2, 0) is 0 Å². The van der Waals surface area contributed by atoms with Gasteiger partial charge >= 0.3 is 0 Å². The van der Waals surface area contributed by atoms with Gasteiger partial charge in [-0.2, -0.15) is 0 Å². The number of anilines is 2. The molecule has 0 spiro atoms. The number of aromatic nitrogens is 4. The Morgan fingerprint density at radius 2 is 1.89 bits per heavy atom. The Labute approximate surface area is 220 Å². The van der Waals surface area contributed by atoms with E-state index in [9.17, 15) is 9.18 Å². The van der Waals surface area contributed by atoms with Crippen LogP contribution in [0.4, 0.5) is 16.0 Å². The summed E-state index contributed by atoms with van der Waals surface area (Å²) in [6.07, 6.45) is 3.86. The molecule has 1 aromatic carbocycles. The summed E-state index contributed by atoms with van der Waals surface area (Å²) in [4.78, 5) is 33.7. The fourth-order valence-electron chi connectivity index (χ4n) is 4.69. The van der Waals surface area contributed by atoms with Crippen molar-refractivity contribution in [1.29, 1.82) is 0 Å². The molecule has 10 heteroatoms. The number of benzene rings is 1. The monoisotopic (exact) mass is 515 g/mol. The quantitative estimate of drug-likeness (QED) is 0.379.